The highest BCUT2D eigenvalue weighted by Gasteiger charge is 2.40. The number of fused-ring (bicyclic) bond motifs is 1. The lowest BCUT2D eigenvalue weighted by Crippen LogP contribution is -2.40. The average molecular weight is 276 g/mol. The van der Waals surface area contributed by atoms with Gasteiger partial charge in [-0.3, -0.25) is 4.79 Å². The summed E-state index contributed by atoms with van der Waals surface area (Å²) in [6, 6.07) is 0. The first-order valence-electron chi connectivity index (χ1n) is 7.62. The van der Waals surface area contributed by atoms with Crippen LogP contribution in [0.3, 0.4) is 0 Å². The highest BCUT2D eigenvalue weighted by molar-refractivity contribution is 5.72. The zero-order chi connectivity index (χ0) is 14.7. The number of aldehydes is 1. The second kappa shape index (κ2) is 6.38. The summed E-state index contributed by atoms with van der Waals surface area (Å²) in [5.74, 6) is -0.0470. The largest absolute Gasteiger partial charge is 0.461 e. The molecule has 0 heterocycles. The zero-order valence-corrected chi connectivity index (χ0v) is 12.5. The van der Waals surface area contributed by atoms with Crippen LogP contribution in [0.2, 0.25) is 0 Å². The average Bonchev–Trinajstić information content (AvgIpc) is 2.46. The van der Waals surface area contributed by atoms with Gasteiger partial charge in [0.25, 0.3) is 0 Å². The molecule has 0 saturated carbocycles. The predicted molar refractivity (Wildman–Crippen MR) is 78.0 cm³/mol. The van der Waals surface area contributed by atoms with Crippen LogP contribution in [0.15, 0.2) is 23.8 Å². The van der Waals surface area contributed by atoms with Crippen LogP contribution in [0, 0.1) is 23.7 Å². The summed E-state index contributed by atoms with van der Waals surface area (Å²) < 4.78 is 5.72. The summed E-state index contributed by atoms with van der Waals surface area (Å²) in [4.78, 5) is 23.5. The Morgan fingerprint density at radius 1 is 1.55 bits per heavy atom. The fraction of sp³-hybridized carbons (Fsp3) is 0.647. The Morgan fingerprint density at radius 2 is 2.30 bits per heavy atom. The summed E-state index contributed by atoms with van der Waals surface area (Å²) in [7, 11) is 0. The Bertz CT molecular complexity index is 436. The van der Waals surface area contributed by atoms with Gasteiger partial charge in [0.05, 0.1) is 5.92 Å². The Kier molecular flexibility index (Phi) is 4.79. The highest BCUT2D eigenvalue weighted by Crippen LogP contribution is 2.40. The van der Waals surface area contributed by atoms with E-state index in [9.17, 15) is 9.59 Å². The molecular weight excluding hydrogens is 252 g/mol. The number of carbonyl (C=O) groups is 2. The van der Waals surface area contributed by atoms with Gasteiger partial charge in [0.1, 0.15) is 12.4 Å². The van der Waals surface area contributed by atoms with E-state index in [1.54, 1.807) is 0 Å². The van der Waals surface area contributed by atoms with E-state index in [0.29, 0.717) is 0 Å². The van der Waals surface area contributed by atoms with Crippen LogP contribution >= 0.6 is 0 Å². The van der Waals surface area contributed by atoms with Crippen molar-refractivity contribution < 1.29 is 14.3 Å². The van der Waals surface area contributed by atoms with Crippen molar-refractivity contribution in [3.63, 3.8) is 0 Å². The fourth-order valence-corrected chi connectivity index (χ4v) is 3.08. The molecule has 0 N–H and O–H groups in total. The van der Waals surface area contributed by atoms with Crippen molar-refractivity contribution in [1.29, 1.82) is 0 Å². The second-order valence-corrected chi connectivity index (χ2v) is 6.02. The molecule has 0 radical (unpaired) electrons. The Hall–Kier alpha value is -1.38. The SMILES string of the molecule is CC[C@H](C)C(=O)OC1CCC=C2C=CC(C)C(C=O)C21. The van der Waals surface area contributed by atoms with Gasteiger partial charge in [-0.15, -0.1) is 0 Å². The van der Waals surface area contributed by atoms with Crippen molar-refractivity contribution in [1.82, 2.24) is 0 Å². The van der Waals surface area contributed by atoms with Crippen LogP contribution in [0.4, 0.5) is 0 Å². The minimum atomic E-state index is -0.154. The van der Waals surface area contributed by atoms with E-state index in [4.69, 9.17) is 4.74 Å². The number of rotatable bonds is 4. The summed E-state index contributed by atoms with van der Waals surface area (Å²) >= 11 is 0. The molecule has 5 atom stereocenters. The molecule has 4 unspecified atom stereocenters. The molecule has 3 heteroatoms. The third-order valence-electron chi connectivity index (χ3n) is 4.67. The molecule has 2 rings (SSSR count). The van der Waals surface area contributed by atoms with Gasteiger partial charge in [0.15, 0.2) is 0 Å². The van der Waals surface area contributed by atoms with E-state index in [0.717, 1.165) is 31.1 Å². The Balaban J connectivity index is 2.18. The van der Waals surface area contributed by atoms with Crippen LogP contribution in [0.1, 0.15) is 40.0 Å². The van der Waals surface area contributed by atoms with Crippen molar-refractivity contribution in [2.45, 2.75) is 46.1 Å². The number of carbonyl (C=O) groups excluding carboxylic acids is 2. The van der Waals surface area contributed by atoms with Crippen LogP contribution in [0.5, 0.6) is 0 Å². The molecule has 0 bridgehead atoms. The summed E-state index contributed by atoms with van der Waals surface area (Å²) in [6.07, 6.45) is 9.75. The fourth-order valence-electron chi connectivity index (χ4n) is 3.08. The smallest absolute Gasteiger partial charge is 0.308 e. The minimum absolute atomic E-state index is 0.0363. The maximum absolute atomic E-state index is 12.0. The first kappa shape index (κ1) is 15.0. The van der Waals surface area contributed by atoms with E-state index in [1.165, 1.54) is 0 Å². The minimum Gasteiger partial charge on any atom is -0.461 e. The topological polar surface area (TPSA) is 43.4 Å². The van der Waals surface area contributed by atoms with E-state index in [-0.39, 0.29) is 35.7 Å². The van der Waals surface area contributed by atoms with Gasteiger partial charge >= 0.3 is 5.97 Å². The van der Waals surface area contributed by atoms with Gasteiger partial charge in [-0.1, -0.05) is 39.0 Å². The third kappa shape index (κ3) is 2.87. The molecule has 20 heavy (non-hydrogen) atoms. The molecule has 0 aromatic carbocycles. The number of hydrogen-bond acceptors (Lipinski definition) is 3. The lowest BCUT2D eigenvalue weighted by Gasteiger charge is -2.39. The van der Waals surface area contributed by atoms with Gasteiger partial charge in [-0.25, -0.2) is 0 Å². The predicted octanol–water partition coefficient (Wildman–Crippen LogP) is 3.30. The van der Waals surface area contributed by atoms with E-state index in [2.05, 4.69) is 25.2 Å². The zero-order valence-electron chi connectivity index (χ0n) is 12.5. The van der Waals surface area contributed by atoms with E-state index < -0.39 is 0 Å². The molecule has 110 valence electrons. The van der Waals surface area contributed by atoms with Gasteiger partial charge in [-0.05, 0) is 30.8 Å². The van der Waals surface area contributed by atoms with Gasteiger partial charge in [0, 0.05) is 11.8 Å². The maximum atomic E-state index is 12.0. The first-order valence-corrected chi connectivity index (χ1v) is 7.62. The lowest BCUT2D eigenvalue weighted by molar-refractivity contribution is -0.158. The van der Waals surface area contributed by atoms with Crippen molar-refractivity contribution in [3.8, 4) is 0 Å². The van der Waals surface area contributed by atoms with Gasteiger partial charge in [0.2, 0.25) is 0 Å². The van der Waals surface area contributed by atoms with Crippen molar-refractivity contribution in [3.05, 3.63) is 23.8 Å². The van der Waals surface area contributed by atoms with Crippen molar-refractivity contribution in [2.24, 2.45) is 23.7 Å². The van der Waals surface area contributed by atoms with E-state index in [1.807, 2.05) is 13.8 Å². The molecule has 0 aromatic rings. The standard InChI is InChI=1S/C17H24O3/c1-4-11(2)17(19)20-15-7-5-6-13-9-8-12(3)14(10-18)16(13)15/h6,8-12,14-16H,4-5,7H2,1-3H3/t11-,12?,14?,15?,16?/m0/s1. The molecular formula is C17H24O3. The van der Waals surface area contributed by atoms with Crippen LogP contribution in [-0.2, 0) is 14.3 Å². The monoisotopic (exact) mass is 276 g/mol. The molecule has 3 nitrogen and oxygen atoms in total. The Morgan fingerprint density at radius 3 is 2.95 bits per heavy atom. The Labute approximate surface area is 121 Å². The van der Waals surface area contributed by atoms with Crippen molar-refractivity contribution in [2.75, 3.05) is 0 Å². The first-order chi connectivity index (χ1) is 9.58. The van der Waals surface area contributed by atoms with Crippen LogP contribution in [0.25, 0.3) is 0 Å². The molecule has 2 aliphatic carbocycles. The third-order valence-corrected chi connectivity index (χ3v) is 4.67. The number of esters is 1. The van der Waals surface area contributed by atoms with Crippen LogP contribution in [-0.4, -0.2) is 18.4 Å². The summed E-state index contributed by atoms with van der Waals surface area (Å²) in [6.45, 7) is 5.93. The molecule has 0 amide bonds. The van der Waals surface area contributed by atoms with Gasteiger partial charge in [-0.2, -0.15) is 0 Å². The molecule has 2 aliphatic rings. The number of ether oxygens (including phenoxy) is 1. The highest BCUT2D eigenvalue weighted by atomic mass is 16.5. The van der Waals surface area contributed by atoms with Crippen LogP contribution < -0.4 is 0 Å². The number of hydrogen-bond donors (Lipinski definition) is 0. The second-order valence-electron chi connectivity index (χ2n) is 6.02. The van der Waals surface area contributed by atoms with Crippen molar-refractivity contribution >= 4 is 12.3 Å². The lowest BCUT2D eigenvalue weighted by atomic mass is 9.69. The molecule has 0 aromatic heterocycles. The van der Waals surface area contributed by atoms with Gasteiger partial charge < -0.3 is 9.53 Å². The molecule has 0 saturated heterocycles. The molecule has 0 spiro atoms. The maximum Gasteiger partial charge on any atom is 0.308 e. The number of allylic oxidation sites excluding steroid dienone is 3. The summed E-state index contributed by atoms with van der Waals surface area (Å²) in [5.41, 5.74) is 1.16. The molecule has 0 aliphatic heterocycles. The summed E-state index contributed by atoms with van der Waals surface area (Å²) in [5, 5.41) is 0. The molecule has 0 fully saturated rings. The van der Waals surface area contributed by atoms with E-state index >= 15 is 0 Å². The normalized spacial score (nSPS) is 33.9. The quantitative estimate of drug-likeness (QED) is 0.584.